The molecule has 0 aliphatic rings. The second kappa shape index (κ2) is 7.81. The van der Waals surface area contributed by atoms with Crippen molar-refractivity contribution in [1.29, 1.82) is 0 Å². The highest BCUT2D eigenvalue weighted by Crippen LogP contribution is 2.20. The average molecular weight is 302 g/mol. The molecule has 0 aliphatic carbocycles. The number of nitrogens with one attached hydrogen (secondary N) is 1. The number of ether oxygens (including phenoxy) is 1. The smallest absolute Gasteiger partial charge is 0.257 e. The van der Waals surface area contributed by atoms with Crippen LogP contribution >= 0.6 is 11.8 Å². The largest absolute Gasteiger partial charge is 0.384 e. The molecular weight excluding hydrogens is 284 g/mol. The van der Waals surface area contributed by atoms with Crippen molar-refractivity contribution in [1.82, 2.24) is 4.98 Å². The summed E-state index contributed by atoms with van der Waals surface area (Å²) in [6, 6.07) is 9.60. The zero-order valence-corrected chi connectivity index (χ0v) is 12.9. The van der Waals surface area contributed by atoms with Gasteiger partial charge in [0.15, 0.2) is 0 Å². The van der Waals surface area contributed by atoms with E-state index >= 15 is 0 Å². The number of pyridine rings is 1. The summed E-state index contributed by atoms with van der Waals surface area (Å²) < 4.78 is 5.01. The molecule has 0 fully saturated rings. The molecule has 4 nitrogen and oxygen atoms in total. The Balaban J connectivity index is 1.95. The fourth-order valence-corrected chi connectivity index (χ4v) is 2.57. The molecular formula is C16H18N2O2S. The number of carbonyl (C=O) groups excluding carboxylic acids is 1. The zero-order valence-electron chi connectivity index (χ0n) is 12.1. The number of hydrogen-bond donors (Lipinski definition) is 1. The Labute approximate surface area is 128 Å². The number of nitrogens with zero attached hydrogens (tertiary/aromatic N) is 1. The van der Waals surface area contributed by atoms with Crippen molar-refractivity contribution >= 4 is 23.4 Å². The van der Waals surface area contributed by atoms with E-state index in [0.717, 1.165) is 28.5 Å². The second-order valence-electron chi connectivity index (χ2n) is 4.57. The highest BCUT2D eigenvalue weighted by Gasteiger charge is 2.06. The predicted octanol–water partition coefficient (Wildman–Crippen LogP) is 3.38. The van der Waals surface area contributed by atoms with Gasteiger partial charge in [-0.25, -0.2) is 0 Å². The van der Waals surface area contributed by atoms with E-state index in [1.165, 1.54) is 0 Å². The number of anilines is 1. The number of rotatable bonds is 6. The first kappa shape index (κ1) is 15.5. The normalized spacial score (nSPS) is 10.4. The lowest BCUT2D eigenvalue weighted by Gasteiger charge is -2.07. The predicted molar refractivity (Wildman–Crippen MR) is 86.0 cm³/mol. The van der Waals surface area contributed by atoms with E-state index < -0.39 is 0 Å². The van der Waals surface area contributed by atoms with Crippen molar-refractivity contribution in [2.75, 3.05) is 24.8 Å². The molecule has 0 radical (unpaired) electrons. The van der Waals surface area contributed by atoms with Gasteiger partial charge >= 0.3 is 0 Å². The van der Waals surface area contributed by atoms with Crippen LogP contribution in [0.3, 0.4) is 0 Å². The first-order valence-electron chi connectivity index (χ1n) is 6.64. The molecule has 2 aromatic rings. The summed E-state index contributed by atoms with van der Waals surface area (Å²) in [6.45, 7) is 2.64. The molecule has 0 unspecified atom stereocenters. The van der Waals surface area contributed by atoms with Crippen LogP contribution in [0.15, 0.2) is 47.6 Å². The van der Waals surface area contributed by atoms with E-state index in [2.05, 4.69) is 10.3 Å². The van der Waals surface area contributed by atoms with E-state index in [1.807, 2.05) is 37.3 Å². The Hall–Kier alpha value is -1.85. The van der Waals surface area contributed by atoms with Crippen LogP contribution in [0, 0.1) is 6.92 Å². The maximum atomic E-state index is 12.1. The maximum absolute atomic E-state index is 12.1. The van der Waals surface area contributed by atoms with Crippen LogP contribution in [0.2, 0.25) is 0 Å². The highest BCUT2D eigenvalue weighted by atomic mass is 32.2. The quantitative estimate of drug-likeness (QED) is 0.656. The Bertz CT molecular complexity index is 599. The first-order valence-corrected chi connectivity index (χ1v) is 7.62. The van der Waals surface area contributed by atoms with E-state index in [1.54, 1.807) is 31.3 Å². The highest BCUT2D eigenvalue weighted by molar-refractivity contribution is 7.99. The monoisotopic (exact) mass is 302 g/mol. The maximum Gasteiger partial charge on any atom is 0.257 e. The first-order chi connectivity index (χ1) is 10.2. The molecule has 1 aromatic heterocycles. The van der Waals surface area contributed by atoms with Gasteiger partial charge in [0.1, 0.15) is 0 Å². The number of hydrogen-bond acceptors (Lipinski definition) is 4. The summed E-state index contributed by atoms with van der Waals surface area (Å²) in [5, 5.41) is 2.87. The summed E-state index contributed by atoms with van der Waals surface area (Å²) >= 11 is 1.72. The van der Waals surface area contributed by atoms with Gasteiger partial charge in [-0.15, -0.1) is 11.8 Å². The standard InChI is InChI=1S/C16H18N2O2S/c1-12-9-13(11-17-10-12)16(19)18-14-3-5-15(6-4-14)21-8-7-20-2/h3-6,9-11H,7-8H2,1-2H3,(H,18,19). The van der Waals surface area contributed by atoms with Gasteiger partial charge in [-0.2, -0.15) is 0 Å². The van der Waals surface area contributed by atoms with Crippen molar-refractivity contribution in [2.24, 2.45) is 0 Å². The zero-order chi connectivity index (χ0) is 15.1. The van der Waals surface area contributed by atoms with E-state index in [4.69, 9.17) is 4.74 Å². The minimum absolute atomic E-state index is 0.147. The fraction of sp³-hybridized carbons (Fsp3) is 0.250. The summed E-state index contributed by atoms with van der Waals surface area (Å²) in [6.07, 6.45) is 3.29. The van der Waals surface area contributed by atoms with Crippen LogP contribution < -0.4 is 5.32 Å². The van der Waals surface area contributed by atoms with Crippen LogP contribution in [-0.2, 0) is 4.74 Å². The summed E-state index contributed by atoms with van der Waals surface area (Å²) in [7, 11) is 1.69. The molecule has 0 saturated heterocycles. The minimum atomic E-state index is -0.147. The Morgan fingerprint density at radius 1 is 1.29 bits per heavy atom. The number of amides is 1. The van der Waals surface area contributed by atoms with Gasteiger partial charge < -0.3 is 10.1 Å². The van der Waals surface area contributed by atoms with E-state index in [0.29, 0.717) is 5.56 Å². The lowest BCUT2D eigenvalue weighted by atomic mass is 10.2. The molecule has 2 rings (SSSR count). The fourth-order valence-electron chi connectivity index (χ4n) is 1.76. The third-order valence-electron chi connectivity index (χ3n) is 2.81. The van der Waals surface area contributed by atoms with Crippen LogP contribution in [0.5, 0.6) is 0 Å². The molecule has 0 bridgehead atoms. The molecule has 1 amide bonds. The lowest BCUT2D eigenvalue weighted by Crippen LogP contribution is -2.12. The molecule has 110 valence electrons. The van der Waals surface area contributed by atoms with Crippen molar-refractivity contribution in [3.05, 3.63) is 53.9 Å². The Morgan fingerprint density at radius 3 is 2.71 bits per heavy atom. The van der Waals surface area contributed by atoms with Crippen LogP contribution in [0.1, 0.15) is 15.9 Å². The van der Waals surface area contributed by atoms with Crippen molar-refractivity contribution < 1.29 is 9.53 Å². The lowest BCUT2D eigenvalue weighted by molar-refractivity contribution is 0.102. The van der Waals surface area contributed by atoms with E-state index in [-0.39, 0.29) is 5.91 Å². The molecule has 5 heteroatoms. The van der Waals surface area contributed by atoms with Gasteiger partial charge in [0.25, 0.3) is 5.91 Å². The molecule has 0 saturated carbocycles. The van der Waals surface area contributed by atoms with Crippen LogP contribution in [-0.4, -0.2) is 30.4 Å². The molecule has 1 aromatic carbocycles. The van der Waals surface area contributed by atoms with Gasteiger partial charge in [-0.3, -0.25) is 9.78 Å². The van der Waals surface area contributed by atoms with Gasteiger partial charge in [0.05, 0.1) is 12.2 Å². The average Bonchev–Trinajstić information content (AvgIpc) is 2.49. The van der Waals surface area contributed by atoms with E-state index in [9.17, 15) is 4.79 Å². The third kappa shape index (κ3) is 4.88. The summed E-state index contributed by atoms with van der Waals surface area (Å²) in [5.74, 6) is 0.767. The van der Waals surface area contributed by atoms with Crippen molar-refractivity contribution in [2.45, 2.75) is 11.8 Å². The van der Waals surface area contributed by atoms with Gasteiger partial charge in [0.2, 0.25) is 0 Å². The van der Waals surface area contributed by atoms with Gasteiger partial charge in [-0.1, -0.05) is 0 Å². The molecule has 1 heterocycles. The summed E-state index contributed by atoms with van der Waals surface area (Å²) in [5.41, 5.74) is 2.30. The Morgan fingerprint density at radius 2 is 2.05 bits per heavy atom. The number of aromatic nitrogens is 1. The number of carbonyl (C=O) groups is 1. The summed E-state index contributed by atoms with van der Waals surface area (Å²) in [4.78, 5) is 17.3. The van der Waals surface area contributed by atoms with Crippen LogP contribution in [0.25, 0.3) is 0 Å². The second-order valence-corrected chi connectivity index (χ2v) is 5.74. The third-order valence-corrected chi connectivity index (χ3v) is 3.78. The molecule has 1 N–H and O–H groups in total. The number of methoxy groups -OCH3 is 1. The molecule has 21 heavy (non-hydrogen) atoms. The minimum Gasteiger partial charge on any atom is -0.384 e. The SMILES string of the molecule is COCCSc1ccc(NC(=O)c2cncc(C)c2)cc1. The number of thioether (sulfide) groups is 1. The molecule has 0 aliphatic heterocycles. The van der Waals surface area contributed by atoms with Crippen molar-refractivity contribution in [3.63, 3.8) is 0 Å². The molecule has 0 atom stereocenters. The molecule has 0 spiro atoms. The van der Waals surface area contributed by atoms with Gasteiger partial charge in [0, 0.05) is 35.8 Å². The number of benzene rings is 1. The topological polar surface area (TPSA) is 51.2 Å². The van der Waals surface area contributed by atoms with Crippen LogP contribution in [0.4, 0.5) is 5.69 Å². The van der Waals surface area contributed by atoms with Gasteiger partial charge in [-0.05, 0) is 42.8 Å². The van der Waals surface area contributed by atoms with Crippen molar-refractivity contribution in [3.8, 4) is 0 Å². The Kier molecular flexibility index (Phi) is 5.78. The number of aryl methyl sites for hydroxylation is 1.